The van der Waals surface area contributed by atoms with E-state index in [0.717, 1.165) is 29.4 Å². The summed E-state index contributed by atoms with van der Waals surface area (Å²) in [7, 11) is -0.804. The summed E-state index contributed by atoms with van der Waals surface area (Å²) in [5, 5.41) is 2.77. The van der Waals surface area contributed by atoms with Gasteiger partial charge in [-0.1, -0.05) is 64.2 Å². The third-order valence-electron chi connectivity index (χ3n) is 6.99. The zero-order chi connectivity index (χ0) is 30.9. The van der Waals surface area contributed by atoms with Crippen molar-refractivity contribution < 1.29 is 23.1 Å². The molecule has 2 aromatic carbocycles. The molecule has 0 aliphatic rings. The fraction of sp³-hybridized carbons (Fsp3) is 0.438. The van der Waals surface area contributed by atoms with Gasteiger partial charge in [0.15, 0.2) is 0 Å². The minimum atomic E-state index is -0.804. The Morgan fingerprint density at radius 3 is 2.45 bits per heavy atom. The van der Waals surface area contributed by atoms with Crippen LogP contribution in [0.15, 0.2) is 60.8 Å². The van der Waals surface area contributed by atoms with E-state index >= 15 is 0 Å². The number of nitrogens with one attached hydrogen (secondary N) is 1. The number of carbonyl (C=O) groups excluding carboxylic acids is 2. The molecule has 0 aliphatic carbocycles. The molecule has 1 aromatic heterocycles. The molecule has 2 amide bonds. The third kappa shape index (κ3) is 9.42. The molecule has 3 rings (SSSR count). The van der Waals surface area contributed by atoms with Crippen LogP contribution in [0, 0.1) is 17.0 Å². The molecule has 228 valence electrons. The Hall–Kier alpha value is -3.17. The molecule has 1 unspecified atom stereocenters. The second-order valence-corrected chi connectivity index (χ2v) is 15.6. The fourth-order valence-electron chi connectivity index (χ4n) is 4.96. The second-order valence-electron chi connectivity index (χ2n) is 12.0. The van der Waals surface area contributed by atoms with Gasteiger partial charge in [0.05, 0.1) is 12.6 Å². The first-order valence-corrected chi connectivity index (χ1v) is 18.0. The van der Waals surface area contributed by atoms with Gasteiger partial charge in [-0.3, -0.25) is 4.79 Å². The van der Waals surface area contributed by atoms with Crippen molar-refractivity contribution >= 4 is 32.4 Å². The predicted molar refractivity (Wildman–Crippen MR) is 168 cm³/mol. The summed E-state index contributed by atoms with van der Waals surface area (Å²) in [5.41, 5.74) is 1.99. The molecule has 0 radical (unpaired) electrons. The van der Waals surface area contributed by atoms with Crippen molar-refractivity contribution in [3.63, 3.8) is 0 Å². The zero-order valence-corrected chi connectivity index (χ0v) is 27.0. The van der Waals surface area contributed by atoms with E-state index in [-0.39, 0.29) is 17.4 Å². The van der Waals surface area contributed by atoms with Crippen molar-refractivity contribution in [3.05, 3.63) is 83.7 Å². The van der Waals surface area contributed by atoms with E-state index < -0.39 is 38.0 Å². The van der Waals surface area contributed by atoms with Gasteiger partial charge in [-0.05, 0) is 47.7 Å². The standard InChI is InChI=1S/C32H42ClF2N3O3Si/c1-32(2,3)30(38(29(39)20-33)15-9-14-36-31(40)41-16-17-42(4)5)28-18-24(26-19-25(34)12-13-27(26)35)22-37(28)21-23-10-7-6-8-11-23/h6-8,10-13,18-19,22,30,42H,9,14-17,20-21H2,1-5H3,(H,36,40). The molecular weight excluding hydrogens is 576 g/mol. The van der Waals surface area contributed by atoms with Crippen LogP contribution in [0.5, 0.6) is 0 Å². The van der Waals surface area contributed by atoms with E-state index in [9.17, 15) is 18.4 Å². The lowest BCUT2D eigenvalue weighted by Crippen LogP contribution is -2.44. The topological polar surface area (TPSA) is 63.6 Å². The second kappa shape index (κ2) is 15.3. The highest BCUT2D eigenvalue weighted by atomic mass is 35.5. The number of aromatic nitrogens is 1. The van der Waals surface area contributed by atoms with Gasteiger partial charge in [0.1, 0.15) is 17.5 Å². The van der Waals surface area contributed by atoms with Gasteiger partial charge in [0.25, 0.3) is 0 Å². The summed E-state index contributed by atoms with van der Waals surface area (Å²) >= 11 is 6.11. The summed E-state index contributed by atoms with van der Waals surface area (Å²) in [6.07, 6.45) is 1.82. The molecule has 1 atom stereocenters. The summed E-state index contributed by atoms with van der Waals surface area (Å²) in [6.45, 7) is 12.0. The van der Waals surface area contributed by atoms with Gasteiger partial charge < -0.3 is 19.5 Å². The minimum Gasteiger partial charge on any atom is -0.450 e. The first kappa shape index (κ1) is 33.3. The van der Waals surface area contributed by atoms with Crippen molar-refractivity contribution in [2.75, 3.05) is 25.6 Å². The number of rotatable bonds is 13. The molecular formula is C32H42ClF2N3O3Si. The van der Waals surface area contributed by atoms with Crippen LogP contribution in [0.4, 0.5) is 13.6 Å². The lowest BCUT2D eigenvalue weighted by atomic mass is 9.83. The average Bonchev–Trinajstić information content (AvgIpc) is 3.33. The van der Waals surface area contributed by atoms with Gasteiger partial charge in [0, 0.05) is 51.4 Å². The van der Waals surface area contributed by atoms with E-state index in [1.807, 2.05) is 61.7 Å². The predicted octanol–water partition coefficient (Wildman–Crippen LogP) is 7.24. The van der Waals surface area contributed by atoms with Crippen LogP contribution in [0.25, 0.3) is 11.1 Å². The molecule has 0 bridgehead atoms. The van der Waals surface area contributed by atoms with Crippen LogP contribution in [-0.2, 0) is 16.1 Å². The smallest absolute Gasteiger partial charge is 0.407 e. The van der Waals surface area contributed by atoms with Gasteiger partial charge >= 0.3 is 6.09 Å². The Kier molecular flexibility index (Phi) is 12.2. The SMILES string of the molecule is C[SiH](C)CCOC(=O)NCCCN(C(=O)CCl)C(c1cc(-c2cc(F)ccc2F)cn1Cc1ccccc1)C(C)(C)C. The van der Waals surface area contributed by atoms with E-state index in [4.69, 9.17) is 16.3 Å². The molecule has 0 saturated carbocycles. The number of amides is 2. The fourth-order valence-corrected chi connectivity index (χ4v) is 5.71. The molecule has 0 saturated heterocycles. The molecule has 3 aromatic rings. The van der Waals surface area contributed by atoms with Crippen molar-refractivity contribution in [1.82, 2.24) is 14.8 Å². The van der Waals surface area contributed by atoms with Crippen LogP contribution in [-0.4, -0.2) is 55.8 Å². The lowest BCUT2D eigenvalue weighted by molar-refractivity contribution is -0.133. The van der Waals surface area contributed by atoms with Crippen LogP contribution >= 0.6 is 11.6 Å². The van der Waals surface area contributed by atoms with E-state index in [1.54, 1.807) is 11.1 Å². The van der Waals surface area contributed by atoms with Crippen LogP contribution < -0.4 is 5.32 Å². The summed E-state index contributed by atoms with van der Waals surface area (Å²) in [5.74, 6) is -1.54. The number of alkyl carbamates (subject to hydrolysis) is 1. The first-order chi connectivity index (χ1) is 19.9. The number of nitrogens with zero attached hydrogens (tertiary/aromatic N) is 2. The Balaban J connectivity index is 1.95. The van der Waals surface area contributed by atoms with Gasteiger partial charge in [-0.25, -0.2) is 13.6 Å². The zero-order valence-electron chi connectivity index (χ0n) is 25.1. The number of hydrogen-bond donors (Lipinski definition) is 1. The molecule has 0 fully saturated rings. The minimum absolute atomic E-state index is 0.147. The maximum absolute atomic E-state index is 14.9. The maximum Gasteiger partial charge on any atom is 0.407 e. The number of hydrogen-bond acceptors (Lipinski definition) is 3. The highest BCUT2D eigenvalue weighted by molar-refractivity contribution is 6.55. The molecule has 42 heavy (non-hydrogen) atoms. The van der Waals surface area contributed by atoms with Gasteiger partial charge in [-0.2, -0.15) is 0 Å². The largest absolute Gasteiger partial charge is 0.450 e. The third-order valence-corrected chi connectivity index (χ3v) is 8.60. The van der Waals surface area contributed by atoms with Crippen molar-refractivity contribution in [2.24, 2.45) is 5.41 Å². The molecule has 0 spiro atoms. The summed E-state index contributed by atoms with van der Waals surface area (Å²) in [4.78, 5) is 27.1. The number of alkyl halides is 1. The van der Waals surface area contributed by atoms with E-state index in [1.165, 1.54) is 6.07 Å². The summed E-state index contributed by atoms with van der Waals surface area (Å²) in [6, 6.07) is 15.5. The average molecular weight is 618 g/mol. The highest BCUT2D eigenvalue weighted by Crippen LogP contribution is 2.41. The quantitative estimate of drug-likeness (QED) is 0.125. The van der Waals surface area contributed by atoms with Gasteiger partial charge in [-0.15, -0.1) is 11.6 Å². The normalized spacial score (nSPS) is 12.3. The highest BCUT2D eigenvalue weighted by Gasteiger charge is 2.37. The van der Waals surface area contributed by atoms with Crippen molar-refractivity contribution in [3.8, 4) is 11.1 Å². The number of benzene rings is 2. The Bertz CT molecular complexity index is 1330. The van der Waals surface area contributed by atoms with Crippen molar-refractivity contribution in [2.45, 2.75) is 58.9 Å². The molecule has 6 nitrogen and oxygen atoms in total. The molecule has 0 aliphatic heterocycles. The molecule has 1 heterocycles. The Morgan fingerprint density at radius 1 is 1.10 bits per heavy atom. The van der Waals surface area contributed by atoms with Crippen molar-refractivity contribution in [1.29, 1.82) is 0 Å². The van der Waals surface area contributed by atoms with Crippen LogP contribution in [0.1, 0.15) is 44.5 Å². The van der Waals surface area contributed by atoms with Crippen LogP contribution in [0.3, 0.4) is 0 Å². The van der Waals surface area contributed by atoms with E-state index in [0.29, 0.717) is 38.2 Å². The lowest BCUT2D eigenvalue weighted by Gasteiger charge is -2.41. The van der Waals surface area contributed by atoms with Gasteiger partial charge in [0.2, 0.25) is 5.91 Å². The molecule has 10 heteroatoms. The Labute approximate surface area is 254 Å². The van der Waals surface area contributed by atoms with Crippen LogP contribution in [0.2, 0.25) is 19.1 Å². The number of ether oxygens (including phenoxy) is 1. The first-order valence-electron chi connectivity index (χ1n) is 14.4. The van der Waals surface area contributed by atoms with E-state index in [2.05, 4.69) is 18.4 Å². The monoisotopic (exact) mass is 617 g/mol. The summed E-state index contributed by atoms with van der Waals surface area (Å²) < 4.78 is 36.3. The number of halogens is 3. The molecule has 1 N–H and O–H groups in total. The maximum atomic E-state index is 14.9. The number of carbonyl (C=O) groups is 2. The Morgan fingerprint density at radius 2 is 1.81 bits per heavy atom.